The number of benzene rings is 2. The molecular weight excluding hydrogens is 553 g/mol. The molecule has 0 aliphatic carbocycles. The van der Waals surface area contributed by atoms with E-state index in [4.69, 9.17) is 0 Å². The van der Waals surface area contributed by atoms with E-state index in [1.165, 1.54) is 4.90 Å². The third-order valence-electron chi connectivity index (χ3n) is 5.13. The van der Waals surface area contributed by atoms with Gasteiger partial charge in [-0.1, -0.05) is 44.2 Å². The van der Waals surface area contributed by atoms with E-state index in [2.05, 4.69) is 27.9 Å². The molecule has 0 saturated carbocycles. The van der Waals surface area contributed by atoms with Gasteiger partial charge in [0.25, 0.3) is 0 Å². The quantitative estimate of drug-likeness (QED) is 0.411. The molecule has 9 heteroatoms. The Hall–Kier alpha value is -2.14. The molecule has 0 aliphatic heterocycles. The lowest BCUT2D eigenvalue weighted by atomic mass is 10.1. The van der Waals surface area contributed by atoms with Gasteiger partial charge in [-0.3, -0.25) is 13.9 Å². The topological polar surface area (TPSA) is 86.8 Å². The van der Waals surface area contributed by atoms with Crippen LogP contribution in [-0.4, -0.2) is 57.1 Å². The lowest BCUT2D eigenvalue weighted by Gasteiger charge is -2.31. The molecule has 33 heavy (non-hydrogen) atoms. The van der Waals surface area contributed by atoms with E-state index in [9.17, 15) is 18.0 Å². The summed E-state index contributed by atoms with van der Waals surface area (Å²) in [6, 6.07) is 15.8. The number of nitrogens with zero attached hydrogens (tertiary/aromatic N) is 2. The minimum absolute atomic E-state index is 0.259. The van der Waals surface area contributed by atoms with Gasteiger partial charge in [0.15, 0.2) is 0 Å². The first kappa shape index (κ1) is 27.1. The Morgan fingerprint density at radius 2 is 1.61 bits per heavy atom. The lowest BCUT2D eigenvalue weighted by molar-refractivity contribution is -0.138. The monoisotopic (exact) mass is 585 g/mol. The van der Waals surface area contributed by atoms with E-state index in [1.807, 2.05) is 44.2 Å². The Bertz CT molecular complexity index is 1030. The number of rotatable bonds is 11. The number of sulfonamides is 1. The smallest absolute Gasteiger partial charge is 0.244 e. The molecule has 0 fully saturated rings. The summed E-state index contributed by atoms with van der Waals surface area (Å²) in [5.41, 5.74) is 1.44. The standard InChI is InChI=1S/C24H32IN3O4S/c1-18(2)16-26-24(30)19(3)27(15-14-20-8-6-5-7-9-20)23(29)17-28(33(4,31)32)22-12-10-21(25)11-13-22/h5-13,18-19H,14-17H2,1-4H3,(H,26,30)/t19-/m0/s1. The minimum Gasteiger partial charge on any atom is -0.354 e. The predicted molar refractivity (Wildman–Crippen MR) is 141 cm³/mol. The van der Waals surface area contributed by atoms with Gasteiger partial charge in [-0.05, 0) is 71.7 Å². The largest absolute Gasteiger partial charge is 0.354 e. The van der Waals surface area contributed by atoms with E-state index < -0.39 is 22.0 Å². The molecule has 180 valence electrons. The van der Waals surface area contributed by atoms with Gasteiger partial charge in [-0.25, -0.2) is 8.42 Å². The lowest BCUT2D eigenvalue weighted by Crippen LogP contribution is -2.52. The molecule has 0 spiro atoms. The van der Waals surface area contributed by atoms with Gasteiger partial charge < -0.3 is 10.2 Å². The summed E-state index contributed by atoms with van der Waals surface area (Å²) in [6.45, 7) is 6.08. The van der Waals surface area contributed by atoms with Crippen molar-refractivity contribution in [2.75, 3.05) is 30.2 Å². The summed E-state index contributed by atoms with van der Waals surface area (Å²) in [5.74, 6) is -0.413. The van der Waals surface area contributed by atoms with Crippen LogP contribution in [0.25, 0.3) is 0 Å². The van der Waals surface area contributed by atoms with Crippen molar-refractivity contribution in [3.05, 3.63) is 63.7 Å². The molecule has 2 aromatic carbocycles. The van der Waals surface area contributed by atoms with Gasteiger partial charge in [0.05, 0.1) is 11.9 Å². The number of amides is 2. The van der Waals surface area contributed by atoms with Crippen molar-refractivity contribution < 1.29 is 18.0 Å². The Balaban J connectivity index is 2.27. The predicted octanol–water partition coefficient (Wildman–Crippen LogP) is 3.29. The van der Waals surface area contributed by atoms with E-state index in [0.717, 1.165) is 19.7 Å². The highest BCUT2D eigenvalue weighted by Gasteiger charge is 2.29. The molecule has 7 nitrogen and oxygen atoms in total. The van der Waals surface area contributed by atoms with Crippen LogP contribution in [0.15, 0.2) is 54.6 Å². The first-order chi connectivity index (χ1) is 15.5. The first-order valence-electron chi connectivity index (χ1n) is 10.8. The molecule has 0 aliphatic rings. The van der Waals surface area contributed by atoms with Crippen LogP contribution in [0.2, 0.25) is 0 Å². The highest BCUT2D eigenvalue weighted by molar-refractivity contribution is 14.1. The Morgan fingerprint density at radius 1 is 1.00 bits per heavy atom. The Morgan fingerprint density at radius 3 is 2.15 bits per heavy atom. The van der Waals surface area contributed by atoms with Gasteiger partial charge in [0.1, 0.15) is 12.6 Å². The summed E-state index contributed by atoms with van der Waals surface area (Å²) in [6.07, 6.45) is 1.63. The van der Waals surface area contributed by atoms with Crippen LogP contribution >= 0.6 is 22.6 Å². The Kier molecular flexibility index (Phi) is 10.2. The molecule has 0 radical (unpaired) electrons. The van der Waals surface area contributed by atoms with Crippen LogP contribution in [0.3, 0.4) is 0 Å². The zero-order valence-corrected chi connectivity index (χ0v) is 22.5. The van der Waals surface area contributed by atoms with Gasteiger partial charge in [-0.2, -0.15) is 0 Å². The van der Waals surface area contributed by atoms with Crippen LogP contribution in [0, 0.1) is 9.49 Å². The number of nitrogens with one attached hydrogen (secondary N) is 1. The van der Waals surface area contributed by atoms with Crippen molar-refractivity contribution in [3.8, 4) is 0 Å². The highest BCUT2D eigenvalue weighted by atomic mass is 127. The van der Waals surface area contributed by atoms with Crippen LogP contribution in [0.5, 0.6) is 0 Å². The third kappa shape index (κ3) is 8.62. The molecule has 0 heterocycles. The van der Waals surface area contributed by atoms with Gasteiger partial charge in [0.2, 0.25) is 21.8 Å². The van der Waals surface area contributed by atoms with Gasteiger partial charge in [0, 0.05) is 16.7 Å². The van der Waals surface area contributed by atoms with E-state index in [1.54, 1.807) is 31.2 Å². The number of hydrogen-bond acceptors (Lipinski definition) is 4. The number of hydrogen-bond donors (Lipinski definition) is 1. The molecule has 1 N–H and O–H groups in total. The minimum atomic E-state index is -3.71. The molecule has 0 unspecified atom stereocenters. The van der Waals surface area contributed by atoms with Gasteiger partial charge >= 0.3 is 0 Å². The van der Waals surface area contributed by atoms with Crippen LogP contribution < -0.4 is 9.62 Å². The summed E-state index contributed by atoms with van der Waals surface area (Å²) < 4.78 is 27.1. The van der Waals surface area contributed by atoms with E-state index in [0.29, 0.717) is 25.2 Å². The fourth-order valence-corrected chi connectivity index (χ4v) is 4.45. The van der Waals surface area contributed by atoms with Crippen molar-refractivity contribution in [2.45, 2.75) is 33.2 Å². The number of carbonyl (C=O) groups excluding carboxylic acids is 2. The molecule has 2 aromatic rings. The maximum absolute atomic E-state index is 13.4. The van der Waals surface area contributed by atoms with Crippen molar-refractivity contribution in [3.63, 3.8) is 0 Å². The third-order valence-corrected chi connectivity index (χ3v) is 6.99. The van der Waals surface area contributed by atoms with Crippen molar-refractivity contribution in [1.82, 2.24) is 10.2 Å². The maximum atomic E-state index is 13.4. The van der Waals surface area contributed by atoms with Crippen LogP contribution in [0.4, 0.5) is 5.69 Å². The zero-order valence-electron chi connectivity index (χ0n) is 19.5. The highest BCUT2D eigenvalue weighted by Crippen LogP contribution is 2.20. The molecular formula is C24H32IN3O4S. The van der Waals surface area contributed by atoms with Crippen molar-refractivity contribution in [2.24, 2.45) is 5.92 Å². The fraction of sp³-hybridized carbons (Fsp3) is 0.417. The van der Waals surface area contributed by atoms with Crippen LogP contribution in [0.1, 0.15) is 26.3 Å². The molecule has 1 atom stereocenters. The summed E-state index contributed by atoms with van der Waals surface area (Å²) in [4.78, 5) is 27.6. The van der Waals surface area contributed by atoms with E-state index >= 15 is 0 Å². The van der Waals surface area contributed by atoms with E-state index in [-0.39, 0.29) is 18.4 Å². The zero-order chi connectivity index (χ0) is 24.6. The summed E-state index contributed by atoms with van der Waals surface area (Å²) >= 11 is 2.13. The van der Waals surface area contributed by atoms with Crippen molar-refractivity contribution >= 4 is 50.1 Å². The number of halogens is 1. The molecule has 2 amide bonds. The summed E-state index contributed by atoms with van der Waals surface area (Å²) in [7, 11) is -3.71. The fourth-order valence-electron chi connectivity index (χ4n) is 3.24. The number of anilines is 1. The molecule has 0 aromatic heterocycles. The normalized spacial score (nSPS) is 12.3. The average molecular weight is 586 g/mol. The van der Waals surface area contributed by atoms with Gasteiger partial charge in [-0.15, -0.1) is 0 Å². The summed E-state index contributed by atoms with van der Waals surface area (Å²) in [5, 5.41) is 2.87. The molecule has 0 bridgehead atoms. The first-order valence-corrected chi connectivity index (χ1v) is 13.8. The SMILES string of the molecule is CC(C)CNC(=O)[C@H](C)N(CCc1ccccc1)C(=O)CN(c1ccc(I)cc1)S(C)(=O)=O. The maximum Gasteiger partial charge on any atom is 0.244 e. The molecule has 0 saturated heterocycles. The molecule has 2 rings (SSSR count). The second-order valence-corrected chi connectivity index (χ2v) is 11.5. The second-order valence-electron chi connectivity index (χ2n) is 8.38. The van der Waals surface area contributed by atoms with Crippen LogP contribution in [-0.2, 0) is 26.0 Å². The number of carbonyl (C=O) groups is 2. The second kappa shape index (κ2) is 12.4. The Labute approximate surface area is 210 Å². The van der Waals surface area contributed by atoms with Crippen molar-refractivity contribution in [1.29, 1.82) is 0 Å². The average Bonchev–Trinajstić information content (AvgIpc) is 2.76.